The molecule has 0 spiro atoms. The van der Waals surface area contributed by atoms with Crippen molar-refractivity contribution >= 4 is 23.3 Å². The van der Waals surface area contributed by atoms with E-state index in [9.17, 15) is 9.59 Å². The number of nitrogen functional groups attached to an aromatic ring is 1. The maximum Gasteiger partial charge on any atom is 0.282 e. The van der Waals surface area contributed by atoms with Gasteiger partial charge in [-0.3, -0.25) is 9.59 Å². The van der Waals surface area contributed by atoms with Gasteiger partial charge in [0.15, 0.2) is 17.2 Å². The Morgan fingerprint density at radius 2 is 2.14 bits per heavy atom. The molecule has 22 heavy (non-hydrogen) atoms. The van der Waals surface area contributed by atoms with Crippen LogP contribution < -0.4 is 11.3 Å². The lowest BCUT2D eigenvalue weighted by atomic mass is 10.0. The molecule has 7 nitrogen and oxygen atoms in total. The van der Waals surface area contributed by atoms with Crippen LogP contribution in [0.2, 0.25) is 0 Å². The number of rotatable bonds is 2. The van der Waals surface area contributed by atoms with Gasteiger partial charge in [0.1, 0.15) is 5.76 Å². The predicted octanol–water partition coefficient (Wildman–Crippen LogP) is 1.23. The van der Waals surface area contributed by atoms with E-state index in [0.717, 1.165) is 0 Å². The van der Waals surface area contributed by atoms with E-state index in [4.69, 9.17) is 15.0 Å². The Morgan fingerprint density at radius 3 is 2.86 bits per heavy atom. The van der Waals surface area contributed by atoms with E-state index in [0.29, 0.717) is 17.0 Å². The maximum atomic E-state index is 12.1. The van der Waals surface area contributed by atoms with Crippen LogP contribution in [0.3, 0.4) is 0 Å². The van der Waals surface area contributed by atoms with Gasteiger partial charge >= 0.3 is 0 Å². The molecule has 0 aromatic carbocycles. The van der Waals surface area contributed by atoms with Crippen LogP contribution in [-0.4, -0.2) is 22.5 Å². The zero-order chi connectivity index (χ0) is 15.9. The van der Waals surface area contributed by atoms with Crippen LogP contribution in [-0.2, 0) is 9.53 Å². The van der Waals surface area contributed by atoms with Crippen LogP contribution in [0.5, 0.6) is 0 Å². The van der Waals surface area contributed by atoms with Crippen LogP contribution in [0.15, 0.2) is 44.9 Å². The van der Waals surface area contributed by atoms with Crippen molar-refractivity contribution in [3.8, 4) is 0 Å². The highest BCUT2D eigenvalue weighted by atomic mass is 16.5. The molecule has 1 aliphatic carbocycles. The first-order chi connectivity index (χ1) is 10.5. The van der Waals surface area contributed by atoms with Crippen molar-refractivity contribution in [1.29, 1.82) is 0 Å². The number of nitrogens with zero attached hydrogens (tertiary/aromatic N) is 2. The summed E-state index contributed by atoms with van der Waals surface area (Å²) in [7, 11) is 1.41. The fourth-order valence-corrected chi connectivity index (χ4v) is 2.17. The fourth-order valence-electron chi connectivity index (χ4n) is 2.17. The molecule has 0 aliphatic heterocycles. The number of carbonyl (C=O) groups excluding carboxylic acids is 1. The highest BCUT2D eigenvalue weighted by Crippen LogP contribution is 2.19. The highest BCUT2D eigenvalue weighted by molar-refractivity contribution is 6.05. The number of nitrogens with two attached hydrogens (primary N) is 1. The minimum Gasteiger partial charge on any atom is -0.493 e. The summed E-state index contributed by atoms with van der Waals surface area (Å²) in [6, 6.07) is 1.62. The number of aromatic nitrogens is 2. The van der Waals surface area contributed by atoms with Gasteiger partial charge in [0, 0.05) is 6.07 Å². The third-order valence-electron chi connectivity index (χ3n) is 3.22. The smallest absolute Gasteiger partial charge is 0.282 e. The summed E-state index contributed by atoms with van der Waals surface area (Å²) >= 11 is 0. The zero-order valence-corrected chi connectivity index (χ0v) is 12.0. The van der Waals surface area contributed by atoms with Gasteiger partial charge in [0.2, 0.25) is 5.78 Å². The number of hydrogen-bond donors (Lipinski definition) is 1. The van der Waals surface area contributed by atoms with Gasteiger partial charge in [-0.1, -0.05) is 6.08 Å². The number of fused-ring (bicyclic) bond motifs is 1. The average Bonchev–Trinajstić information content (AvgIpc) is 2.85. The van der Waals surface area contributed by atoms with Crippen LogP contribution >= 0.6 is 0 Å². The predicted molar refractivity (Wildman–Crippen MR) is 80.1 cm³/mol. The summed E-state index contributed by atoms with van der Waals surface area (Å²) in [5, 5.41) is 0. The third-order valence-corrected chi connectivity index (χ3v) is 3.22. The van der Waals surface area contributed by atoms with Crippen molar-refractivity contribution in [2.45, 2.75) is 6.92 Å². The van der Waals surface area contributed by atoms with Gasteiger partial charge in [-0.15, -0.1) is 4.57 Å². The lowest BCUT2D eigenvalue weighted by Gasteiger charge is -2.08. The third kappa shape index (κ3) is 2.22. The summed E-state index contributed by atoms with van der Waals surface area (Å²) in [4.78, 5) is 27.6. The number of methoxy groups -OCH3 is 1. The summed E-state index contributed by atoms with van der Waals surface area (Å²) in [5.74, 6) is 0.691. The molecule has 112 valence electrons. The van der Waals surface area contributed by atoms with Gasteiger partial charge in [-0.2, -0.15) is 4.98 Å². The summed E-state index contributed by atoms with van der Waals surface area (Å²) in [6.07, 6.45) is 6.01. The second kappa shape index (κ2) is 5.03. The Kier molecular flexibility index (Phi) is 3.17. The highest BCUT2D eigenvalue weighted by Gasteiger charge is 2.15. The van der Waals surface area contributed by atoms with Crippen LogP contribution in [0.1, 0.15) is 11.3 Å². The van der Waals surface area contributed by atoms with Gasteiger partial charge in [-0.25, -0.2) is 0 Å². The molecular weight excluding hydrogens is 286 g/mol. The number of aryl methyl sites for hydroxylation is 1. The lowest BCUT2D eigenvalue weighted by Crippen LogP contribution is -2.16. The quantitative estimate of drug-likeness (QED) is 0.895. The number of allylic oxidation sites excluding steroid dienone is 4. The van der Waals surface area contributed by atoms with E-state index >= 15 is 0 Å². The van der Waals surface area contributed by atoms with Gasteiger partial charge < -0.3 is 15.0 Å². The minimum absolute atomic E-state index is 0.147. The molecule has 2 aromatic heterocycles. The minimum atomic E-state index is -0.469. The number of hydrogen-bond acceptors (Lipinski definition) is 6. The van der Waals surface area contributed by atoms with Crippen molar-refractivity contribution < 1.29 is 14.1 Å². The van der Waals surface area contributed by atoms with Gasteiger partial charge in [0.25, 0.3) is 5.56 Å². The Bertz CT molecular complexity index is 928. The summed E-state index contributed by atoms with van der Waals surface area (Å²) in [5.41, 5.74) is 6.66. The van der Waals surface area contributed by atoms with Crippen molar-refractivity contribution in [2.24, 2.45) is 0 Å². The molecule has 0 saturated heterocycles. The van der Waals surface area contributed by atoms with E-state index in [1.165, 1.54) is 29.9 Å². The Labute approximate surface area is 125 Å². The van der Waals surface area contributed by atoms with Crippen LogP contribution in [0.25, 0.3) is 11.7 Å². The number of ketones is 1. The second-order valence-electron chi connectivity index (χ2n) is 4.77. The van der Waals surface area contributed by atoms with E-state index in [-0.39, 0.29) is 22.9 Å². The molecule has 2 heterocycles. The van der Waals surface area contributed by atoms with E-state index in [2.05, 4.69) is 4.98 Å². The number of carbonyl (C=O) groups is 1. The summed E-state index contributed by atoms with van der Waals surface area (Å²) < 4.78 is 11.7. The Hall–Kier alpha value is -3.09. The molecule has 2 aromatic rings. The van der Waals surface area contributed by atoms with E-state index in [1.54, 1.807) is 19.1 Å². The summed E-state index contributed by atoms with van der Waals surface area (Å²) in [6.45, 7) is 1.74. The first-order valence-electron chi connectivity index (χ1n) is 6.48. The first kappa shape index (κ1) is 13.9. The fraction of sp³-hybridized carbons (Fsp3) is 0.133. The molecule has 1 aliphatic rings. The molecule has 0 bridgehead atoms. The van der Waals surface area contributed by atoms with Crippen molar-refractivity contribution in [3.63, 3.8) is 0 Å². The van der Waals surface area contributed by atoms with Crippen LogP contribution in [0.4, 0.5) is 5.82 Å². The van der Waals surface area contributed by atoms with E-state index < -0.39 is 5.56 Å². The molecule has 7 heteroatoms. The standard InChI is InChI=1S/C15H13N3O4/c1-8-5-13-17-15(20)10(14(16)18(13)22-8)6-9-3-4-11(19)12(7-9)21-2/h3-7H,16H2,1-2H3. The molecule has 0 amide bonds. The monoisotopic (exact) mass is 299 g/mol. The SMILES string of the molecule is COC1=CC(=Cc2c(N)n3oc(C)cc3nc2=O)C=CC1=O. The molecule has 2 N–H and O–H groups in total. The number of anilines is 1. The Morgan fingerprint density at radius 1 is 1.36 bits per heavy atom. The Balaban J connectivity index is 2.17. The first-order valence-corrected chi connectivity index (χ1v) is 6.48. The molecule has 0 atom stereocenters. The largest absolute Gasteiger partial charge is 0.493 e. The van der Waals surface area contributed by atoms with Crippen molar-refractivity contribution in [3.05, 3.63) is 57.3 Å². The lowest BCUT2D eigenvalue weighted by molar-refractivity contribution is -0.114. The molecule has 0 unspecified atom stereocenters. The van der Waals surface area contributed by atoms with Crippen LogP contribution in [0, 0.1) is 6.92 Å². The zero-order valence-electron chi connectivity index (χ0n) is 12.0. The van der Waals surface area contributed by atoms with Crippen molar-refractivity contribution in [2.75, 3.05) is 12.8 Å². The maximum absolute atomic E-state index is 12.1. The van der Waals surface area contributed by atoms with Gasteiger partial charge in [0.05, 0.1) is 12.7 Å². The molecule has 0 saturated carbocycles. The molecule has 0 radical (unpaired) electrons. The average molecular weight is 299 g/mol. The number of ether oxygens (including phenoxy) is 1. The topological polar surface area (TPSA) is 99.8 Å². The molecule has 3 rings (SSSR count). The molecular formula is C15H13N3O4. The van der Waals surface area contributed by atoms with Gasteiger partial charge in [-0.05, 0) is 30.7 Å². The molecule has 0 fully saturated rings. The normalized spacial score (nSPS) is 16.4. The van der Waals surface area contributed by atoms with E-state index in [1.807, 2.05) is 0 Å². The second-order valence-corrected chi connectivity index (χ2v) is 4.77. The van der Waals surface area contributed by atoms with Crippen molar-refractivity contribution in [1.82, 2.24) is 9.56 Å².